The van der Waals surface area contributed by atoms with Crippen LogP contribution in [0.5, 0.6) is 0 Å². The number of hydrogen-bond acceptors (Lipinski definition) is 3. The number of rotatable bonds is 2. The summed E-state index contributed by atoms with van der Waals surface area (Å²) >= 11 is 3.37. The summed E-state index contributed by atoms with van der Waals surface area (Å²) in [6.07, 6.45) is 5.00. The van der Waals surface area contributed by atoms with Crippen molar-refractivity contribution in [2.24, 2.45) is 0 Å². The summed E-state index contributed by atoms with van der Waals surface area (Å²) in [7, 11) is 0. The number of benzene rings is 1. The lowest BCUT2D eigenvalue weighted by molar-refractivity contribution is -0.122. The van der Waals surface area contributed by atoms with Gasteiger partial charge in [0.1, 0.15) is 0 Å². The average molecular weight is 351 g/mol. The molecule has 2 heterocycles. The molecule has 2 amide bonds. The van der Waals surface area contributed by atoms with Crippen LogP contribution in [0.15, 0.2) is 28.7 Å². The van der Waals surface area contributed by atoms with Crippen molar-refractivity contribution in [2.45, 2.75) is 38.1 Å². The smallest absolute Gasteiger partial charge is 0.251 e. The summed E-state index contributed by atoms with van der Waals surface area (Å²) in [5, 5.41) is 0. The molecule has 1 aromatic rings. The van der Waals surface area contributed by atoms with Crippen LogP contribution in [0, 0.1) is 0 Å². The normalized spacial score (nSPS) is 24.4. The van der Waals surface area contributed by atoms with E-state index in [0.29, 0.717) is 12.1 Å². The maximum Gasteiger partial charge on any atom is 0.251 e. The van der Waals surface area contributed by atoms with Gasteiger partial charge in [0.15, 0.2) is 0 Å². The molecule has 0 aromatic heterocycles. The van der Waals surface area contributed by atoms with Crippen LogP contribution in [0.3, 0.4) is 0 Å². The molecule has 0 saturated carbocycles. The summed E-state index contributed by atoms with van der Waals surface area (Å²) < 4.78 is 0.939. The van der Waals surface area contributed by atoms with Crippen molar-refractivity contribution in [3.63, 3.8) is 0 Å². The second kappa shape index (κ2) is 6.28. The zero-order valence-electron chi connectivity index (χ0n) is 11.9. The van der Waals surface area contributed by atoms with Gasteiger partial charge >= 0.3 is 0 Å². The highest BCUT2D eigenvalue weighted by Crippen LogP contribution is 2.28. The zero-order valence-corrected chi connectivity index (χ0v) is 13.5. The van der Waals surface area contributed by atoms with Gasteiger partial charge in [0.25, 0.3) is 5.91 Å². The molecule has 0 radical (unpaired) electrons. The summed E-state index contributed by atoms with van der Waals surface area (Å²) in [5.41, 5.74) is 0.672. The third-order valence-corrected chi connectivity index (χ3v) is 4.82. The van der Waals surface area contributed by atoms with E-state index in [4.69, 9.17) is 0 Å². The molecule has 4 nitrogen and oxygen atoms in total. The summed E-state index contributed by atoms with van der Waals surface area (Å²) in [5.74, 6) is -0.152. The van der Waals surface area contributed by atoms with Crippen LogP contribution >= 0.6 is 15.9 Å². The minimum Gasteiger partial charge on any atom is -0.292 e. The minimum absolute atomic E-state index is 0.0655. The molecule has 112 valence electrons. The fourth-order valence-electron chi connectivity index (χ4n) is 3.17. The Labute approximate surface area is 133 Å². The van der Waals surface area contributed by atoms with Crippen molar-refractivity contribution in [1.29, 1.82) is 0 Å². The van der Waals surface area contributed by atoms with Crippen LogP contribution in [0.25, 0.3) is 0 Å². The van der Waals surface area contributed by atoms with Gasteiger partial charge in [0.2, 0.25) is 5.91 Å². The van der Waals surface area contributed by atoms with Crippen LogP contribution in [0.2, 0.25) is 0 Å². The van der Waals surface area contributed by atoms with E-state index in [1.54, 1.807) is 0 Å². The quantitative estimate of drug-likeness (QED) is 0.770. The Morgan fingerprint density at radius 1 is 0.952 bits per heavy atom. The van der Waals surface area contributed by atoms with Gasteiger partial charge in [-0.15, -0.1) is 0 Å². The Bertz CT molecular complexity index is 536. The Hall–Kier alpha value is -1.20. The van der Waals surface area contributed by atoms with Crippen LogP contribution < -0.4 is 4.90 Å². The lowest BCUT2D eigenvalue weighted by Gasteiger charge is -2.25. The number of halogens is 1. The molecule has 21 heavy (non-hydrogen) atoms. The maximum absolute atomic E-state index is 12.7. The monoisotopic (exact) mass is 350 g/mol. The van der Waals surface area contributed by atoms with E-state index >= 15 is 0 Å². The number of likely N-dealkylation sites (tertiary alicyclic amines) is 1. The first kappa shape index (κ1) is 14.7. The lowest BCUT2D eigenvalue weighted by atomic mass is 10.2. The minimum atomic E-state index is -0.265. The molecule has 2 aliphatic rings. The number of carbonyl (C=O) groups is 2. The van der Waals surface area contributed by atoms with Gasteiger partial charge in [-0.3, -0.25) is 14.5 Å². The average Bonchev–Trinajstić information content (AvgIpc) is 2.69. The van der Waals surface area contributed by atoms with Gasteiger partial charge in [-0.05, 0) is 50.2 Å². The number of imide groups is 1. The molecule has 0 spiro atoms. The molecule has 1 atom stereocenters. The summed E-state index contributed by atoms with van der Waals surface area (Å²) in [4.78, 5) is 28.5. The fraction of sp³-hybridized carbons (Fsp3) is 0.500. The van der Waals surface area contributed by atoms with E-state index in [9.17, 15) is 9.59 Å². The zero-order chi connectivity index (χ0) is 14.8. The highest BCUT2D eigenvalue weighted by Gasteiger charge is 2.42. The SMILES string of the molecule is O=C1C[C@H](N2CCCCCC2)C(=O)N1c1ccc(Br)cc1. The van der Waals surface area contributed by atoms with Gasteiger partial charge < -0.3 is 0 Å². The van der Waals surface area contributed by atoms with Crippen molar-refractivity contribution in [2.75, 3.05) is 18.0 Å². The molecular weight excluding hydrogens is 332 g/mol. The number of carbonyl (C=O) groups excluding carboxylic acids is 2. The van der Waals surface area contributed by atoms with Gasteiger partial charge in [0, 0.05) is 4.47 Å². The standard InChI is InChI=1S/C16H19BrN2O2/c17-12-5-7-13(8-6-12)19-15(20)11-14(16(19)21)18-9-3-1-2-4-10-18/h5-8,14H,1-4,9-11H2/t14-/m0/s1. The van der Waals surface area contributed by atoms with Gasteiger partial charge in [0.05, 0.1) is 18.2 Å². The Balaban J connectivity index is 1.79. The number of anilines is 1. The number of hydrogen-bond donors (Lipinski definition) is 0. The molecule has 1 aromatic carbocycles. The second-order valence-corrected chi connectivity index (χ2v) is 6.63. The van der Waals surface area contributed by atoms with Crippen molar-refractivity contribution >= 4 is 33.4 Å². The molecule has 2 fully saturated rings. The van der Waals surface area contributed by atoms with Crippen molar-refractivity contribution in [1.82, 2.24) is 4.90 Å². The Morgan fingerprint density at radius 3 is 2.19 bits per heavy atom. The maximum atomic E-state index is 12.7. The van der Waals surface area contributed by atoms with E-state index in [0.717, 1.165) is 30.4 Å². The van der Waals surface area contributed by atoms with E-state index in [1.165, 1.54) is 17.7 Å². The van der Waals surface area contributed by atoms with E-state index in [2.05, 4.69) is 20.8 Å². The van der Waals surface area contributed by atoms with Crippen LogP contribution in [-0.2, 0) is 9.59 Å². The molecule has 0 N–H and O–H groups in total. The molecule has 0 unspecified atom stereocenters. The van der Waals surface area contributed by atoms with Gasteiger partial charge in [-0.25, -0.2) is 4.90 Å². The first-order chi connectivity index (χ1) is 10.2. The molecule has 3 rings (SSSR count). The summed E-state index contributed by atoms with van der Waals surface area (Å²) in [6.45, 7) is 1.86. The van der Waals surface area contributed by atoms with Gasteiger partial charge in [-0.2, -0.15) is 0 Å². The van der Waals surface area contributed by atoms with Crippen molar-refractivity contribution in [3.05, 3.63) is 28.7 Å². The Morgan fingerprint density at radius 2 is 1.57 bits per heavy atom. The first-order valence-electron chi connectivity index (χ1n) is 7.53. The lowest BCUT2D eigenvalue weighted by Crippen LogP contribution is -2.42. The van der Waals surface area contributed by atoms with Crippen molar-refractivity contribution in [3.8, 4) is 0 Å². The molecular formula is C16H19BrN2O2. The molecule has 5 heteroatoms. The molecule has 0 bridgehead atoms. The van der Waals surface area contributed by atoms with Crippen LogP contribution in [0.4, 0.5) is 5.69 Å². The fourth-order valence-corrected chi connectivity index (χ4v) is 3.43. The second-order valence-electron chi connectivity index (χ2n) is 5.71. The molecule has 0 aliphatic carbocycles. The highest BCUT2D eigenvalue weighted by molar-refractivity contribution is 9.10. The number of amides is 2. The topological polar surface area (TPSA) is 40.6 Å². The van der Waals surface area contributed by atoms with Crippen LogP contribution in [0.1, 0.15) is 32.1 Å². The van der Waals surface area contributed by atoms with Crippen molar-refractivity contribution < 1.29 is 9.59 Å². The third-order valence-electron chi connectivity index (χ3n) is 4.29. The van der Waals surface area contributed by atoms with E-state index in [1.807, 2.05) is 24.3 Å². The highest BCUT2D eigenvalue weighted by atomic mass is 79.9. The Kier molecular flexibility index (Phi) is 4.40. The van der Waals surface area contributed by atoms with Gasteiger partial charge in [-0.1, -0.05) is 28.8 Å². The summed E-state index contributed by atoms with van der Waals surface area (Å²) in [6, 6.07) is 7.07. The predicted octanol–water partition coefficient (Wildman–Crippen LogP) is 2.96. The first-order valence-corrected chi connectivity index (χ1v) is 8.32. The number of nitrogens with zero attached hydrogens (tertiary/aromatic N) is 2. The predicted molar refractivity (Wildman–Crippen MR) is 85.1 cm³/mol. The molecule has 2 aliphatic heterocycles. The van der Waals surface area contributed by atoms with E-state index in [-0.39, 0.29) is 17.9 Å². The largest absolute Gasteiger partial charge is 0.292 e. The van der Waals surface area contributed by atoms with Crippen LogP contribution in [-0.4, -0.2) is 35.8 Å². The molecule has 2 saturated heterocycles. The third kappa shape index (κ3) is 3.04. The van der Waals surface area contributed by atoms with E-state index < -0.39 is 0 Å².